The van der Waals surface area contributed by atoms with E-state index in [9.17, 15) is 4.79 Å². The summed E-state index contributed by atoms with van der Waals surface area (Å²) >= 11 is 0. The minimum atomic E-state index is -0.389. The van der Waals surface area contributed by atoms with Gasteiger partial charge in [0.05, 0.1) is 5.41 Å². The predicted molar refractivity (Wildman–Crippen MR) is 97.0 cm³/mol. The average Bonchev–Trinajstić information content (AvgIpc) is 3.37. The van der Waals surface area contributed by atoms with E-state index in [-0.39, 0.29) is 17.4 Å². The number of amides is 1. The molecule has 0 bridgehead atoms. The van der Waals surface area contributed by atoms with Gasteiger partial charge in [0.2, 0.25) is 5.91 Å². The molecule has 3 aromatic rings. The lowest BCUT2D eigenvalue weighted by atomic mass is 9.94. The van der Waals surface area contributed by atoms with Crippen LogP contribution in [0.3, 0.4) is 0 Å². The molecule has 0 saturated heterocycles. The summed E-state index contributed by atoms with van der Waals surface area (Å²) in [5, 5.41) is 3.26. The van der Waals surface area contributed by atoms with E-state index >= 15 is 0 Å². The summed E-state index contributed by atoms with van der Waals surface area (Å²) in [6, 6.07) is 19.8. The molecule has 1 amide bonds. The number of carbonyl (C=O) groups is 1. The van der Waals surface area contributed by atoms with Crippen LogP contribution in [0.25, 0.3) is 0 Å². The summed E-state index contributed by atoms with van der Waals surface area (Å²) in [6.07, 6.45) is 5.46. The van der Waals surface area contributed by atoms with Gasteiger partial charge < -0.3 is 9.88 Å². The molecular weight excluding hydrogens is 310 g/mol. The van der Waals surface area contributed by atoms with Crippen molar-refractivity contribution in [3.63, 3.8) is 0 Å². The number of aryl methyl sites for hydroxylation is 1. The maximum absolute atomic E-state index is 13.2. The Morgan fingerprint density at radius 3 is 2.28 bits per heavy atom. The highest BCUT2D eigenvalue weighted by atomic mass is 16.2. The standard InChI is InChI=1S/C21H21N3O/c1-24-15-14-22-19(24)18(16-8-4-2-5-9-16)23-20(25)21(12-13-21)17-10-6-3-7-11-17/h2-11,14-15,18H,12-13H2,1H3,(H,23,25). The van der Waals surface area contributed by atoms with Gasteiger partial charge in [-0.05, 0) is 24.0 Å². The molecule has 4 heteroatoms. The minimum absolute atomic E-state index is 0.0792. The Labute approximate surface area is 147 Å². The van der Waals surface area contributed by atoms with Crippen molar-refractivity contribution >= 4 is 5.91 Å². The molecule has 1 N–H and O–H groups in total. The van der Waals surface area contributed by atoms with E-state index in [2.05, 4.69) is 10.3 Å². The van der Waals surface area contributed by atoms with Gasteiger partial charge in [-0.1, -0.05) is 60.7 Å². The van der Waals surface area contributed by atoms with Crippen LogP contribution in [0.1, 0.15) is 35.8 Å². The maximum atomic E-state index is 13.2. The van der Waals surface area contributed by atoms with Crippen molar-refractivity contribution < 1.29 is 4.79 Å². The molecule has 4 nitrogen and oxygen atoms in total. The monoisotopic (exact) mass is 331 g/mol. The molecule has 126 valence electrons. The van der Waals surface area contributed by atoms with Gasteiger partial charge in [0, 0.05) is 19.4 Å². The first-order valence-corrected chi connectivity index (χ1v) is 8.59. The largest absolute Gasteiger partial charge is 0.341 e. The van der Waals surface area contributed by atoms with Gasteiger partial charge in [-0.3, -0.25) is 4.79 Å². The summed E-state index contributed by atoms with van der Waals surface area (Å²) in [6.45, 7) is 0. The van der Waals surface area contributed by atoms with E-state index in [4.69, 9.17) is 0 Å². The average molecular weight is 331 g/mol. The van der Waals surface area contributed by atoms with Gasteiger partial charge in [-0.25, -0.2) is 4.98 Å². The van der Waals surface area contributed by atoms with Crippen molar-refractivity contribution in [2.24, 2.45) is 7.05 Å². The molecule has 1 heterocycles. The minimum Gasteiger partial charge on any atom is -0.341 e. The fraction of sp³-hybridized carbons (Fsp3) is 0.238. The van der Waals surface area contributed by atoms with Crippen LogP contribution in [0, 0.1) is 0 Å². The molecule has 1 aliphatic carbocycles. The maximum Gasteiger partial charge on any atom is 0.231 e. The smallest absolute Gasteiger partial charge is 0.231 e. The molecule has 1 aliphatic rings. The fourth-order valence-electron chi connectivity index (χ4n) is 3.40. The van der Waals surface area contributed by atoms with Crippen LogP contribution < -0.4 is 5.32 Å². The number of hydrogen-bond donors (Lipinski definition) is 1. The molecule has 1 aromatic heterocycles. The molecule has 1 unspecified atom stereocenters. The van der Waals surface area contributed by atoms with E-state index in [0.29, 0.717) is 0 Å². The Morgan fingerprint density at radius 2 is 1.72 bits per heavy atom. The third-order valence-electron chi connectivity index (χ3n) is 5.04. The van der Waals surface area contributed by atoms with Crippen molar-refractivity contribution in [3.8, 4) is 0 Å². The fourth-order valence-corrected chi connectivity index (χ4v) is 3.40. The second-order valence-corrected chi connectivity index (χ2v) is 6.66. The Hall–Kier alpha value is -2.88. The van der Waals surface area contributed by atoms with Crippen LogP contribution in [-0.4, -0.2) is 15.5 Å². The summed E-state index contributed by atoms with van der Waals surface area (Å²) in [5.41, 5.74) is 1.74. The molecule has 1 saturated carbocycles. The second kappa shape index (κ2) is 6.20. The lowest BCUT2D eigenvalue weighted by Crippen LogP contribution is -2.38. The van der Waals surface area contributed by atoms with Crippen molar-refractivity contribution in [2.75, 3.05) is 0 Å². The number of carbonyl (C=O) groups excluding carboxylic acids is 1. The van der Waals surface area contributed by atoms with E-state index in [1.54, 1.807) is 6.20 Å². The van der Waals surface area contributed by atoms with Gasteiger partial charge in [-0.2, -0.15) is 0 Å². The van der Waals surface area contributed by atoms with Crippen LogP contribution in [0.15, 0.2) is 73.1 Å². The summed E-state index contributed by atoms with van der Waals surface area (Å²) in [5.74, 6) is 0.916. The molecule has 0 aliphatic heterocycles. The lowest BCUT2D eigenvalue weighted by Gasteiger charge is -2.23. The topological polar surface area (TPSA) is 46.9 Å². The van der Waals surface area contributed by atoms with Gasteiger partial charge in [0.25, 0.3) is 0 Å². The molecule has 25 heavy (non-hydrogen) atoms. The highest BCUT2D eigenvalue weighted by Crippen LogP contribution is 2.48. The highest BCUT2D eigenvalue weighted by Gasteiger charge is 2.51. The Bertz CT molecular complexity index is 866. The third-order valence-corrected chi connectivity index (χ3v) is 5.04. The Balaban J connectivity index is 1.66. The number of imidazole rings is 1. The zero-order chi connectivity index (χ0) is 17.3. The van der Waals surface area contributed by atoms with Crippen molar-refractivity contribution in [1.82, 2.24) is 14.9 Å². The first-order chi connectivity index (χ1) is 12.2. The molecule has 4 rings (SSSR count). The molecule has 0 spiro atoms. The number of hydrogen-bond acceptors (Lipinski definition) is 2. The molecule has 0 radical (unpaired) electrons. The molecule has 1 fully saturated rings. The molecular formula is C21H21N3O. The van der Waals surface area contributed by atoms with Crippen LogP contribution in [0.4, 0.5) is 0 Å². The summed E-state index contributed by atoms with van der Waals surface area (Å²) in [7, 11) is 1.95. The van der Waals surface area contributed by atoms with Crippen molar-refractivity contribution in [2.45, 2.75) is 24.3 Å². The van der Waals surface area contributed by atoms with E-state index < -0.39 is 0 Å². The zero-order valence-electron chi connectivity index (χ0n) is 14.2. The summed E-state index contributed by atoms with van der Waals surface area (Å²) in [4.78, 5) is 17.6. The first-order valence-electron chi connectivity index (χ1n) is 8.59. The predicted octanol–water partition coefficient (Wildman–Crippen LogP) is 3.36. The van der Waals surface area contributed by atoms with E-state index in [1.165, 1.54) is 0 Å². The van der Waals surface area contributed by atoms with Crippen molar-refractivity contribution in [3.05, 3.63) is 90.0 Å². The highest BCUT2D eigenvalue weighted by molar-refractivity contribution is 5.91. The van der Waals surface area contributed by atoms with Gasteiger partial charge in [0.15, 0.2) is 0 Å². The van der Waals surface area contributed by atoms with E-state index in [1.807, 2.05) is 78.5 Å². The van der Waals surface area contributed by atoms with Crippen LogP contribution in [0.5, 0.6) is 0 Å². The quantitative estimate of drug-likeness (QED) is 0.779. The number of nitrogens with zero attached hydrogens (tertiary/aromatic N) is 2. The van der Waals surface area contributed by atoms with Gasteiger partial charge >= 0.3 is 0 Å². The molecule has 1 atom stereocenters. The van der Waals surface area contributed by atoms with Crippen LogP contribution in [0.2, 0.25) is 0 Å². The first kappa shape index (κ1) is 15.6. The SMILES string of the molecule is Cn1ccnc1C(NC(=O)C1(c2ccccc2)CC1)c1ccccc1. The molecule has 2 aromatic carbocycles. The Kier molecular flexibility index (Phi) is 3.88. The lowest BCUT2D eigenvalue weighted by molar-refractivity contribution is -0.124. The zero-order valence-corrected chi connectivity index (χ0v) is 14.2. The number of aromatic nitrogens is 2. The number of nitrogens with one attached hydrogen (secondary N) is 1. The number of rotatable bonds is 5. The second-order valence-electron chi connectivity index (χ2n) is 6.66. The van der Waals surface area contributed by atoms with E-state index in [0.717, 1.165) is 29.8 Å². The summed E-state index contributed by atoms with van der Waals surface area (Å²) < 4.78 is 1.96. The Morgan fingerprint density at radius 1 is 1.08 bits per heavy atom. The van der Waals surface area contributed by atoms with Crippen LogP contribution in [-0.2, 0) is 17.3 Å². The van der Waals surface area contributed by atoms with Gasteiger partial charge in [-0.15, -0.1) is 0 Å². The third kappa shape index (κ3) is 2.84. The van der Waals surface area contributed by atoms with Gasteiger partial charge in [0.1, 0.15) is 11.9 Å². The van der Waals surface area contributed by atoms with Crippen molar-refractivity contribution in [1.29, 1.82) is 0 Å². The van der Waals surface area contributed by atoms with Crippen LogP contribution >= 0.6 is 0 Å². The number of benzene rings is 2. The normalized spacial score (nSPS) is 16.2.